The van der Waals surface area contributed by atoms with Crippen molar-refractivity contribution in [2.24, 2.45) is 0 Å². The lowest BCUT2D eigenvalue weighted by Crippen LogP contribution is -2.24. The van der Waals surface area contributed by atoms with Gasteiger partial charge in [-0.25, -0.2) is 18.1 Å². The minimum atomic E-state index is -3.52. The van der Waals surface area contributed by atoms with E-state index in [0.29, 0.717) is 35.7 Å². The van der Waals surface area contributed by atoms with Crippen LogP contribution >= 0.6 is 15.9 Å². The smallest absolute Gasteiger partial charge is 0.233 e. The van der Waals surface area contributed by atoms with E-state index in [1.807, 2.05) is 36.4 Å². The molecule has 0 radical (unpaired) electrons. The lowest BCUT2D eigenvalue weighted by Gasteiger charge is -2.11. The van der Waals surface area contributed by atoms with Crippen LogP contribution in [0.5, 0.6) is 5.75 Å². The molecule has 170 valence electrons. The molecular formula is C23H22BrN5O3S. The first kappa shape index (κ1) is 23.0. The Hall–Kier alpha value is -3.21. The molecule has 8 nitrogen and oxygen atoms in total. The van der Waals surface area contributed by atoms with Gasteiger partial charge in [-0.2, -0.15) is 9.61 Å². The molecule has 0 aliphatic rings. The van der Waals surface area contributed by atoms with Gasteiger partial charge in [0.25, 0.3) is 0 Å². The molecule has 0 aliphatic heterocycles. The van der Waals surface area contributed by atoms with E-state index < -0.39 is 10.0 Å². The number of phenolic OH excluding ortho intramolecular Hbond substituents is 1. The number of rotatable bonds is 9. The van der Waals surface area contributed by atoms with Crippen molar-refractivity contribution < 1.29 is 13.5 Å². The fraction of sp³-hybridized carbons (Fsp3) is 0.130. The Labute approximate surface area is 200 Å². The van der Waals surface area contributed by atoms with Gasteiger partial charge in [-0.05, 0) is 46.1 Å². The molecule has 0 spiro atoms. The number of benzene rings is 2. The van der Waals surface area contributed by atoms with Crippen LogP contribution in [0.3, 0.4) is 0 Å². The van der Waals surface area contributed by atoms with Crippen molar-refractivity contribution in [2.45, 2.75) is 6.42 Å². The van der Waals surface area contributed by atoms with Gasteiger partial charge in [-0.3, -0.25) is 0 Å². The van der Waals surface area contributed by atoms with Crippen LogP contribution in [0, 0.1) is 0 Å². The van der Waals surface area contributed by atoms with E-state index in [2.05, 4.69) is 36.1 Å². The Kier molecular flexibility index (Phi) is 7.07. The molecule has 4 rings (SSSR count). The van der Waals surface area contributed by atoms with Crippen LogP contribution in [0.25, 0.3) is 23.0 Å². The molecule has 10 heteroatoms. The summed E-state index contributed by atoms with van der Waals surface area (Å²) < 4.78 is 29.3. The molecule has 0 unspecified atom stereocenters. The van der Waals surface area contributed by atoms with Crippen molar-refractivity contribution in [3.8, 4) is 17.0 Å². The zero-order chi connectivity index (χ0) is 23.3. The van der Waals surface area contributed by atoms with Gasteiger partial charge in [-0.1, -0.05) is 42.5 Å². The molecule has 0 fully saturated rings. The fourth-order valence-electron chi connectivity index (χ4n) is 3.19. The maximum Gasteiger partial charge on any atom is 0.233 e. The average molecular weight is 528 g/mol. The first-order valence-corrected chi connectivity index (χ1v) is 12.6. The molecule has 0 saturated heterocycles. The number of halogens is 1. The van der Waals surface area contributed by atoms with Crippen LogP contribution in [0.4, 0.5) is 5.82 Å². The zero-order valence-corrected chi connectivity index (χ0v) is 19.9. The highest BCUT2D eigenvalue weighted by molar-refractivity contribution is 9.10. The molecule has 0 aliphatic carbocycles. The maximum absolute atomic E-state index is 12.2. The van der Waals surface area contributed by atoms with Gasteiger partial charge < -0.3 is 10.4 Å². The molecule has 4 aromatic rings. The van der Waals surface area contributed by atoms with E-state index in [1.165, 1.54) is 5.41 Å². The lowest BCUT2D eigenvalue weighted by atomic mass is 10.1. The van der Waals surface area contributed by atoms with Crippen LogP contribution in [0.15, 0.2) is 76.7 Å². The summed E-state index contributed by atoms with van der Waals surface area (Å²) in [7, 11) is -3.52. The van der Waals surface area contributed by atoms with Gasteiger partial charge in [0.1, 0.15) is 11.6 Å². The number of aromatic hydroxyl groups is 1. The highest BCUT2D eigenvalue weighted by Crippen LogP contribution is 2.31. The predicted octanol–water partition coefficient (Wildman–Crippen LogP) is 4.26. The monoisotopic (exact) mass is 527 g/mol. The first-order valence-electron chi connectivity index (χ1n) is 10.2. The Balaban J connectivity index is 1.40. The Morgan fingerprint density at radius 3 is 2.61 bits per heavy atom. The van der Waals surface area contributed by atoms with Crippen molar-refractivity contribution in [1.29, 1.82) is 0 Å². The molecule has 0 atom stereocenters. The molecule has 2 aromatic heterocycles. The van der Waals surface area contributed by atoms with Gasteiger partial charge in [-0.15, -0.1) is 0 Å². The predicted molar refractivity (Wildman–Crippen MR) is 133 cm³/mol. The molecule has 33 heavy (non-hydrogen) atoms. The molecule has 3 N–H and O–H groups in total. The Morgan fingerprint density at radius 1 is 1.06 bits per heavy atom. The van der Waals surface area contributed by atoms with Crippen molar-refractivity contribution >= 4 is 43.5 Å². The van der Waals surface area contributed by atoms with Crippen LogP contribution in [0.2, 0.25) is 0 Å². The molecule has 0 saturated carbocycles. The summed E-state index contributed by atoms with van der Waals surface area (Å²) in [6.07, 6.45) is 3.76. The van der Waals surface area contributed by atoms with Gasteiger partial charge in [0.15, 0.2) is 5.65 Å². The quantitative estimate of drug-likeness (QED) is 0.280. The summed E-state index contributed by atoms with van der Waals surface area (Å²) in [5.41, 5.74) is 2.62. The highest BCUT2D eigenvalue weighted by atomic mass is 79.9. The number of hydrogen-bond acceptors (Lipinski definition) is 6. The third-order valence-corrected chi connectivity index (χ3v) is 6.47. The van der Waals surface area contributed by atoms with E-state index >= 15 is 0 Å². The summed E-state index contributed by atoms with van der Waals surface area (Å²) in [5.74, 6) is 0.810. The fourth-order valence-corrected chi connectivity index (χ4v) is 4.40. The number of hydrogen-bond donors (Lipinski definition) is 3. The molecule has 2 heterocycles. The second-order valence-electron chi connectivity index (χ2n) is 7.20. The van der Waals surface area contributed by atoms with Crippen molar-refractivity contribution in [2.75, 3.05) is 18.4 Å². The number of nitrogens with one attached hydrogen (secondary N) is 2. The van der Waals surface area contributed by atoms with Gasteiger partial charge in [0.05, 0.1) is 16.4 Å². The summed E-state index contributed by atoms with van der Waals surface area (Å²) in [5, 5.41) is 19.0. The topological polar surface area (TPSA) is 109 Å². The van der Waals surface area contributed by atoms with Gasteiger partial charge in [0.2, 0.25) is 10.0 Å². The van der Waals surface area contributed by atoms with Crippen molar-refractivity contribution in [3.05, 3.63) is 82.3 Å². The molecule has 0 amide bonds. The second-order valence-corrected chi connectivity index (χ2v) is 9.71. The molecule has 0 bridgehead atoms. The lowest BCUT2D eigenvalue weighted by molar-refractivity contribution is 0.477. The number of para-hydroxylation sites is 1. The average Bonchev–Trinajstić information content (AvgIpc) is 3.19. The number of nitrogens with zero attached hydrogens (tertiary/aromatic N) is 3. The minimum Gasteiger partial charge on any atom is -0.507 e. The maximum atomic E-state index is 12.2. The third kappa shape index (κ3) is 5.78. The summed E-state index contributed by atoms with van der Waals surface area (Å²) in [4.78, 5) is 4.60. The highest BCUT2D eigenvalue weighted by Gasteiger charge is 2.13. The largest absolute Gasteiger partial charge is 0.507 e. The van der Waals surface area contributed by atoms with E-state index in [-0.39, 0.29) is 12.3 Å². The van der Waals surface area contributed by atoms with Crippen LogP contribution in [0.1, 0.15) is 12.0 Å². The SMILES string of the molecule is O=S(=O)(/C=C/c1ccccc1)NCCCNc1cc(-c2ccccc2O)nc2c(Br)cnn12. The Morgan fingerprint density at radius 2 is 1.82 bits per heavy atom. The first-order chi connectivity index (χ1) is 15.9. The number of aromatic nitrogens is 3. The van der Waals surface area contributed by atoms with Crippen molar-refractivity contribution in [3.63, 3.8) is 0 Å². The standard InChI is InChI=1S/C23H22BrN5O3S/c24-19-16-26-29-22(15-20(28-23(19)29)18-9-4-5-10-21(18)30)25-12-6-13-27-33(31,32)14-11-17-7-2-1-3-8-17/h1-5,7-11,14-16,25,27,30H,6,12-13H2/b14-11+. The van der Waals surface area contributed by atoms with Gasteiger partial charge >= 0.3 is 0 Å². The second kappa shape index (κ2) is 10.2. The normalized spacial score (nSPS) is 11.9. The summed E-state index contributed by atoms with van der Waals surface area (Å²) in [6, 6.07) is 18.0. The van der Waals surface area contributed by atoms with Crippen LogP contribution < -0.4 is 10.0 Å². The van der Waals surface area contributed by atoms with Crippen molar-refractivity contribution in [1.82, 2.24) is 19.3 Å². The van der Waals surface area contributed by atoms with E-state index in [4.69, 9.17) is 0 Å². The van der Waals surface area contributed by atoms with E-state index in [0.717, 1.165) is 10.0 Å². The minimum absolute atomic E-state index is 0.133. The van der Waals surface area contributed by atoms with Crippen LogP contribution in [-0.4, -0.2) is 41.2 Å². The zero-order valence-electron chi connectivity index (χ0n) is 17.5. The number of sulfonamides is 1. The van der Waals surface area contributed by atoms with E-state index in [1.54, 1.807) is 41.1 Å². The van der Waals surface area contributed by atoms with Crippen LogP contribution in [-0.2, 0) is 10.0 Å². The third-order valence-electron chi connectivity index (χ3n) is 4.81. The summed E-state index contributed by atoms with van der Waals surface area (Å²) in [6.45, 7) is 0.777. The number of phenols is 1. The number of fused-ring (bicyclic) bond motifs is 1. The van der Waals surface area contributed by atoms with E-state index in [9.17, 15) is 13.5 Å². The molecular weight excluding hydrogens is 506 g/mol. The molecule has 2 aromatic carbocycles. The number of anilines is 1. The summed E-state index contributed by atoms with van der Waals surface area (Å²) >= 11 is 3.45. The van der Waals surface area contributed by atoms with Gasteiger partial charge in [0, 0.05) is 30.1 Å². The Bertz CT molecular complexity index is 1390.